The molecule has 1 rings (SSSR count). The molecule has 0 aliphatic rings. The SMILES string of the molecule is NC(=O)CN(CC(=O)O)c1ccc(O)cc1. The number of aliphatic carboxylic acids is 1. The van der Waals surface area contributed by atoms with Crippen LogP contribution in [-0.4, -0.2) is 35.2 Å². The van der Waals surface area contributed by atoms with Crippen molar-refractivity contribution in [2.45, 2.75) is 0 Å². The molecular weight excluding hydrogens is 212 g/mol. The summed E-state index contributed by atoms with van der Waals surface area (Å²) in [6, 6.07) is 5.85. The highest BCUT2D eigenvalue weighted by atomic mass is 16.4. The van der Waals surface area contributed by atoms with E-state index in [1.54, 1.807) is 0 Å². The monoisotopic (exact) mass is 224 g/mol. The molecule has 0 unspecified atom stereocenters. The number of anilines is 1. The molecule has 0 atom stereocenters. The number of benzene rings is 1. The maximum atomic E-state index is 10.8. The van der Waals surface area contributed by atoms with Gasteiger partial charge in [0, 0.05) is 5.69 Å². The Bertz CT molecular complexity index is 372. The van der Waals surface area contributed by atoms with Crippen LogP contribution >= 0.6 is 0 Å². The average Bonchev–Trinajstić information content (AvgIpc) is 2.16. The summed E-state index contributed by atoms with van der Waals surface area (Å²) in [5.41, 5.74) is 5.53. The standard InChI is InChI=1S/C10H12N2O4/c11-9(14)5-12(6-10(15)16)7-1-3-8(13)4-2-7/h1-4,13H,5-6H2,(H2,11,14)(H,15,16). The van der Waals surface area contributed by atoms with Gasteiger partial charge in [0.15, 0.2) is 0 Å². The van der Waals surface area contributed by atoms with E-state index in [2.05, 4.69) is 0 Å². The number of hydrogen-bond donors (Lipinski definition) is 3. The Morgan fingerprint density at radius 3 is 2.19 bits per heavy atom. The molecule has 0 saturated heterocycles. The second-order valence-electron chi connectivity index (χ2n) is 3.23. The fourth-order valence-electron chi connectivity index (χ4n) is 1.25. The van der Waals surface area contributed by atoms with Gasteiger partial charge in [-0.3, -0.25) is 9.59 Å². The molecule has 6 nitrogen and oxygen atoms in total. The maximum absolute atomic E-state index is 10.8. The summed E-state index contributed by atoms with van der Waals surface area (Å²) < 4.78 is 0. The molecule has 4 N–H and O–H groups in total. The second-order valence-corrected chi connectivity index (χ2v) is 3.23. The van der Waals surface area contributed by atoms with Crippen LogP contribution in [0.2, 0.25) is 0 Å². The van der Waals surface area contributed by atoms with Crippen molar-refractivity contribution < 1.29 is 19.8 Å². The van der Waals surface area contributed by atoms with Gasteiger partial charge in [-0.1, -0.05) is 0 Å². The first-order valence-electron chi connectivity index (χ1n) is 4.53. The van der Waals surface area contributed by atoms with Crippen LogP contribution in [-0.2, 0) is 9.59 Å². The molecule has 0 bridgehead atoms. The quantitative estimate of drug-likeness (QED) is 0.640. The van der Waals surface area contributed by atoms with E-state index < -0.39 is 11.9 Å². The molecule has 0 aliphatic carbocycles. The summed E-state index contributed by atoms with van der Waals surface area (Å²) in [6.07, 6.45) is 0. The molecular formula is C10H12N2O4. The summed E-state index contributed by atoms with van der Waals surface area (Å²) in [6.45, 7) is -0.509. The maximum Gasteiger partial charge on any atom is 0.323 e. The zero-order chi connectivity index (χ0) is 12.1. The molecule has 86 valence electrons. The van der Waals surface area contributed by atoms with E-state index >= 15 is 0 Å². The highest BCUT2D eigenvalue weighted by Gasteiger charge is 2.12. The van der Waals surface area contributed by atoms with Crippen LogP contribution in [0.5, 0.6) is 5.75 Å². The predicted molar refractivity (Wildman–Crippen MR) is 57.2 cm³/mol. The van der Waals surface area contributed by atoms with Gasteiger partial charge in [-0.25, -0.2) is 0 Å². The lowest BCUT2D eigenvalue weighted by Crippen LogP contribution is -2.37. The fraction of sp³-hybridized carbons (Fsp3) is 0.200. The number of primary amides is 1. The highest BCUT2D eigenvalue weighted by molar-refractivity contribution is 5.82. The number of amides is 1. The van der Waals surface area contributed by atoms with Gasteiger partial charge in [-0.2, -0.15) is 0 Å². The van der Waals surface area contributed by atoms with Crippen molar-refractivity contribution in [2.75, 3.05) is 18.0 Å². The molecule has 0 radical (unpaired) electrons. The van der Waals surface area contributed by atoms with Gasteiger partial charge < -0.3 is 20.8 Å². The Kier molecular flexibility index (Phi) is 3.71. The van der Waals surface area contributed by atoms with E-state index in [1.807, 2.05) is 0 Å². The summed E-state index contributed by atoms with van der Waals surface area (Å²) in [5, 5.41) is 17.7. The van der Waals surface area contributed by atoms with E-state index in [-0.39, 0.29) is 18.8 Å². The topological polar surface area (TPSA) is 104 Å². The molecule has 0 heterocycles. The molecule has 0 aromatic heterocycles. The number of phenolic OH excluding ortho intramolecular Hbond substituents is 1. The van der Waals surface area contributed by atoms with Gasteiger partial charge in [0.1, 0.15) is 12.3 Å². The number of carbonyl (C=O) groups is 2. The van der Waals surface area contributed by atoms with Crippen LogP contribution in [0.3, 0.4) is 0 Å². The molecule has 0 spiro atoms. The van der Waals surface area contributed by atoms with Crippen molar-refractivity contribution in [3.8, 4) is 5.75 Å². The van der Waals surface area contributed by atoms with Crippen LogP contribution in [0.1, 0.15) is 0 Å². The first kappa shape index (κ1) is 11.8. The van der Waals surface area contributed by atoms with Crippen LogP contribution in [0.15, 0.2) is 24.3 Å². The Morgan fingerprint density at radius 1 is 1.19 bits per heavy atom. The Hall–Kier alpha value is -2.24. The molecule has 1 amide bonds. The van der Waals surface area contributed by atoms with E-state index in [1.165, 1.54) is 29.2 Å². The zero-order valence-corrected chi connectivity index (χ0v) is 8.46. The van der Waals surface area contributed by atoms with Crippen LogP contribution in [0, 0.1) is 0 Å². The third-order valence-electron chi connectivity index (χ3n) is 1.89. The van der Waals surface area contributed by atoms with Crippen LogP contribution < -0.4 is 10.6 Å². The number of nitrogens with zero attached hydrogens (tertiary/aromatic N) is 1. The summed E-state index contributed by atoms with van der Waals surface area (Å²) in [4.78, 5) is 22.7. The van der Waals surface area contributed by atoms with Gasteiger partial charge in [0.05, 0.1) is 6.54 Å². The first-order chi connectivity index (χ1) is 7.49. The van der Waals surface area contributed by atoms with Gasteiger partial charge in [-0.05, 0) is 24.3 Å². The number of carbonyl (C=O) groups excluding carboxylic acids is 1. The molecule has 6 heteroatoms. The Morgan fingerprint density at radius 2 is 1.75 bits per heavy atom. The minimum absolute atomic E-state index is 0.0677. The molecule has 0 aliphatic heterocycles. The number of hydrogen-bond acceptors (Lipinski definition) is 4. The van der Waals surface area contributed by atoms with Crippen molar-refractivity contribution in [1.29, 1.82) is 0 Å². The third kappa shape index (κ3) is 3.49. The number of carboxylic acids is 1. The highest BCUT2D eigenvalue weighted by Crippen LogP contribution is 2.17. The minimum Gasteiger partial charge on any atom is -0.508 e. The zero-order valence-electron chi connectivity index (χ0n) is 8.46. The van der Waals surface area contributed by atoms with Crippen molar-refractivity contribution in [2.24, 2.45) is 5.73 Å². The number of aromatic hydroxyl groups is 1. The van der Waals surface area contributed by atoms with E-state index in [0.29, 0.717) is 5.69 Å². The lowest BCUT2D eigenvalue weighted by Gasteiger charge is -2.20. The van der Waals surface area contributed by atoms with Gasteiger partial charge in [0.2, 0.25) is 5.91 Å². The lowest BCUT2D eigenvalue weighted by atomic mass is 10.2. The number of rotatable bonds is 5. The van der Waals surface area contributed by atoms with E-state index in [4.69, 9.17) is 15.9 Å². The largest absolute Gasteiger partial charge is 0.508 e. The Balaban J connectivity index is 2.86. The second kappa shape index (κ2) is 5.01. The number of nitrogens with two attached hydrogens (primary N) is 1. The van der Waals surface area contributed by atoms with Gasteiger partial charge >= 0.3 is 5.97 Å². The van der Waals surface area contributed by atoms with E-state index in [9.17, 15) is 9.59 Å². The molecule has 0 fully saturated rings. The van der Waals surface area contributed by atoms with Gasteiger partial charge in [0.25, 0.3) is 0 Å². The van der Waals surface area contributed by atoms with Crippen molar-refractivity contribution in [3.63, 3.8) is 0 Å². The average molecular weight is 224 g/mol. The Labute approximate surface area is 91.9 Å². The van der Waals surface area contributed by atoms with Crippen LogP contribution in [0.25, 0.3) is 0 Å². The van der Waals surface area contributed by atoms with Crippen molar-refractivity contribution in [1.82, 2.24) is 0 Å². The number of carboxylic acid groups (broad SMARTS) is 1. The third-order valence-corrected chi connectivity index (χ3v) is 1.89. The number of phenols is 1. The van der Waals surface area contributed by atoms with Crippen molar-refractivity contribution >= 4 is 17.6 Å². The van der Waals surface area contributed by atoms with Crippen molar-refractivity contribution in [3.05, 3.63) is 24.3 Å². The smallest absolute Gasteiger partial charge is 0.323 e. The first-order valence-corrected chi connectivity index (χ1v) is 4.53. The predicted octanol–water partition coefficient (Wildman–Crippen LogP) is -0.231. The van der Waals surface area contributed by atoms with Gasteiger partial charge in [-0.15, -0.1) is 0 Å². The molecule has 0 saturated carbocycles. The molecule has 1 aromatic rings. The van der Waals surface area contributed by atoms with E-state index in [0.717, 1.165) is 0 Å². The minimum atomic E-state index is -1.06. The summed E-state index contributed by atoms with van der Waals surface area (Å²) in [7, 11) is 0. The molecule has 1 aromatic carbocycles. The van der Waals surface area contributed by atoms with Crippen LogP contribution in [0.4, 0.5) is 5.69 Å². The molecule has 16 heavy (non-hydrogen) atoms. The fourth-order valence-corrected chi connectivity index (χ4v) is 1.25. The lowest BCUT2D eigenvalue weighted by molar-refractivity contribution is -0.135. The summed E-state index contributed by atoms with van der Waals surface area (Å²) in [5.74, 6) is -1.61. The normalized spacial score (nSPS) is 9.75. The summed E-state index contributed by atoms with van der Waals surface area (Å²) >= 11 is 0.